The Morgan fingerprint density at radius 1 is 1.50 bits per heavy atom. The summed E-state index contributed by atoms with van der Waals surface area (Å²) >= 11 is 0. The Labute approximate surface area is 108 Å². The van der Waals surface area contributed by atoms with Gasteiger partial charge in [0.05, 0.1) is 12.4 Å². The van der Waals surface area contributed by atoms with E-state index in [2.05, 4.69) is 24.3 Å². The van der Waals surface area contributed by atoms with Gasteiger partial charge in [0.2, 0.25) is 0 Å². The number of hydrogen-bond acceptors (Lipinski definition) is 4. The van der Waals surface area contributed by atoms with Crippen LogP contribution in [0.5, 0.6) is 5.75 Å². The first-order chi connectivity index (χ1) is 8.74. The van der Waals surface area contributed by atoms with Gasteiger partial charge in [0.1, 0.15) is 12.2 Å². The molecule has 3 unspecified atom stereocenters. The van der Waals surface area contributed by atoms with Gasteiger partial charge in [-0.1, -0.05) is 13.8 Å². The summed E-state index contributed by atoms with van der Waals surface area (Å²) in [7, 11) is 1.89. The zero-order chi connectivity index (χ0) is 13.0. The average molecular weight is 253 g/mol. The van der Waals surface area contributed by atoms with E-state index < -0.39 is 0 Å². The maximum atomic E-state index is 5.91. The molecule has 1 N–H and O–H groups in total. The van der Waals surface area contributed by atoms with Gasteiger partial charge < -0.3 is 14.8 Å². The lowest BCUT2D eigenvalue weighted by Crippen LogP contribution is -2.61. The van der Waals surface area contributed by atoms with Crippen LogP contribution in [0, 0.1) is 0 Å². The molecule has 1 heterocycles. The Morgan fingerprint density at radius 2 is 2.33 bits per heavy atom. The molecule has 1 aliphatic carbocycles. The van der Waals surface area contributed by atoms with Crippen LogP contribution in [0.2, 0.25) is 0 Å². The van der Waals surface area contributed by atoms with Gasteiger partial charge in [-0.15, -0.1) is 0 Å². The molecule has 18 heavy (non-hydrogen) atoms. The number of nitrogens with one attached hydrogen (secondary N) is 1. The molecule has 5 heteroatoms. The van der Waals surface area contributed by atoms with Crippen molar-refractivity contribution in [2.45, 2.75) is 44.9 Å². The minimum atomic E-state index is 0.143. The van der Waals surface area contributed by atoms with Crippen LogP contribution in [-0.4, -0.2) is 41.2 Å². The normalized spacial score (nSPS) is 26.9. The Balaban J connectivity index is 1.87. The molecule has 1 aliphatic rings. The second-order valence-electron chi connectivity index (χ2n) is 4.74. The lowest BCUT2D eigenvalue weighted by molar-refractivity contribution is -0.107. The number of aromatic nitrogens is 2. The summed E-state index contributed by atoms with van der Waals surface area (Å²) in [5, 5.41) is 7.54. The number of likely N-dealkylation sites (N-methyl/N-ethyl adjacent to an activating group) is 1. The maximum absolute atomic E-state index is 5.91. The Morgan fingerprint density at radius 3 is 2.94 bits per heavy atom. The Hall–Kier alpha value is -1.07. The van der Waals surface area contributed by atoms with E-state index in [1.165, 1.54) is 0 Å². The van der Waals surface area contributed by atoms with Gasteiger partial charge in [-0.25, -0.2) is 0 Å². The van der Waals surface area contributed by atoms with E-state index in [-0.39, 0.29) is 12.2 Å². The quantitative estimate of drug-likeness (QED) is 0.797. The third kappa shape index (κ3) is 3.03. The van der Waals surface area contributed by atoms with Crippen LogP contribution in [0.3, 0.4) is 0 Å². The first-order valence-electron chi connectivity index (χ1n) is 6.74. The molecule has 0 radical (unpaired) electrons. The van der Waals surface area contributed by atoms with Crippen LogP contribution in [-0.2, 0) is 11.8 Å². The van der Waals surface area contributed by atoms with Gasteiger partial charge in [0.25, 0.3) is 0 Å². The van der Waals surface area contributed by atoms with E-state index in [0.29, 0.717) is 6.04 Å². The van der Waals surface area contributed by atoms with Crippen LogP contribution in [0.4, 0.5) is 0 Å². The standard InChI is InChI=1S/C13H23N3O2/c1-4-6-17-13-11(14-5-2)7-12(13)18-10-8-15-16(3)9-10/h8-9,11-14H,4-7H2,1-3H3. The third-order valence-electron chi connectivity index (χ3n) is 3.20. The molecular weight excluding hydrogens is 230 g/mol. The van der Waals surface area contributed by atoms with Gasteiger partial charge in [-0.3, -0.25) is 4.68 Å². The predicted molar refractivity (Wildman–Crippen MR) is 69.7 cm³/mol. The van der Waals surface area contributed by atoms with Crippen molar-refractivity contribution < 1.29 is 9.47 Å². The van der Waals surface area contributed by atoms with Gasteiger partial charge in [-0.2, -0.15) is 5.10 Å². The maximum Gasteiger partial charge on any atom is 0.157 e. The Kier molecular flexibility index (Phi) is 4.60. The highest BCUT2D eigenvalue weighted by atomic mass is 16.5. The molecule has 1 saturated carbocycles. The van der Waals surface area contributed by atoms with Crippen molar-refractivity contribution in [1.82, 2.24) is 15.1 Å². The fraction of sp³-hybridized carbons (Fsp3) is 0.769. The fourth-order valence-corrected chi connectivity index (χ4v) is 2.27. The lowest BCUT2D eigenvalue weighted by Gasteiger charge is -2.43. The molecule has 5 nitrogen and oxygen atoms in total. The van der Waals surface area contributed by atoms with Crippen molar-refractivity contribution in [3.63, 3.8) is 0 Å². The van der Waals surface area contributed by atoms with E-state index in [4.69, 9.17) is 9.47 Å². The van der Waals surface area contributed by atoms with E-state index >= 15 is 0 Å². The zero-order valence-electron chi connectivity index (χ0n) is 11.4. The third-order valence-corrected chi connectivity index (χ3v) is 3.20. The first-order valence-corrected chi connectivity index (χ1v) is 6.74. The molecule has 0 saturated heterocycles. The van der Waals surface area contributed by atoms with Gasteiger partial charge in [0, 0.05) is 26.1 Å². The molecule has 1 aromatic rings. The number of hydrogen-bond donors (Lipinski definition) is 1. The van der Waals surface area contributed by atoms with Crippen LogP contribution >= 0.6 is 0 Å². The summed E-state index contributed by atoms with van der Waals surface area (Å²) in [5.41, 5.74) is 0. The SMILES string of the molecule is CCCOC1C(NCC)CC1Oc1cnn(C)c1. The molecule has 102 valence electrons. The molecule has 0 aliphatic heterocycles. The smallest absolute Gasteiger partial charge is 0.157 e. The Bertz CT molecular complexity index is 367. The summed E-state index contributed by atoms with van der Waals surface area (Å²) in [5.74, 6) is 0.822. The topological polar surface area (TPSA) is 48.3 Å². The number of rotatable bonds is 7. The molecule has 0 bridgehead atoms. The van der Waals surface area contributed by atoms with Crippen LogP contribution in [0.25, 0.3) is 0 Å². The molecule has 2 rings (SSSR count). The molecular formula is C13H23N3O2. The molecule has 1 fully saturated rings. The van der Waals surface area contributed by atoms with Crippen molar-refractivity contribution in [2.24, 2.45) is 7.05 Å². The van der Waals surface area contributed by atoms with Crippen molar-refractivity contribution in [2.75, 3.05) is 13.2 Å². The van der Waals surface area contributed by atoms with E-state index in [9.17, 15) is 0 Å². The highest BCUT2D eigenvalue weighted by Gasteiger charge is 2.43. The van der Waals surface area contributed by atoms with Crippen LogP contribution in [0.1, 0.15) is 26.7 Å². The van der Waals surface area contributed by atoms with Crippen LogP contribution < -0.4 is 10.1 Å². The van der Waals surface area contributed by atoms with Crippen molar-refractivity contribution >= 4 is 0 Å². The molecule has 1 aromatic heterocycles. The van der Waals surface area contributed by atoms with E-state index in [1.807, 2.05) is 13.2 Å². The average Bonchev–Trinajstić information content (AvgIpc) is 2.74. The molecule has 3 atom stereocenters. The van der Waals surface area contributed by atoms with Gasteiger partial charge >= 0.3 is 0 Å². The lowest BCUT2D eigenvalue weighted by atomic mass is 9.85. The molecule has 0 amide bonds. The van der Waals surface area contributed by atoms with Gasteiger partial charge in [0.15, 0.2) is 5.75 Å². The predicted octanol–water partition coefficient (Wildman–Crippen LogP) is 1.34. The van der Waals surface area contributed by atoms with Crippen LogP contribution in [0.15, 0.2) is 12.4 Å². The summed E-state index contributed by atoms with van der Waals surface area (Å²) in [4.78, 5) is 0. The fourth-order valence-electron chi connectivity index (χ4n) is 2.27. The number of aryl methyl sites for hydroxylation is 1. The van der Waals surface area contributed by atoms with Crippen molar-refractivity contribution in [1.29, 1.82) is 0 Å². The summed E-state index contributed by atoms with van der Waals surface area (Å²) in [6, 6.07) is 0.420. The van der Waals surface area contributed by atoms with E-state index in [1.54, 1.807) is 10.9 Å². The summed E-state index contributed by atoms with van der Waals surface area (Å²) < 4.78 is 13.5. The van der Waals surface area contributed by atoms with E-state index in [0.717, 1.165) is 31.7 Å². The first kappa shape index (κ1) is 13.4. The minimum Gasteiger partial charge on any atom is -0.484 e. The van der Waals surface area contributed by atoms with Gasteiger partial charge in [-0.05, 0) is 13.0 Å². The van der Waals surface area contributed by atoms with Crippen molar-refractivity contribution in [3.05, 3.63) is 12.4 Å². The molecule has 0 aromatic carbocycles. The largest absolute Gasteiger partial charge is 0.484 e. The monoisotopic (exact) mass is 253 g/mol. The highest BCUT2D eigenvalue weighted by molar-refractivity contribution is 5.14. The number of ether oxygens (including phenoxy) is 2. The second-order valence-corrected chi connectivity index (χ2v) is 4.74. The molecule has 0 spiro atoms. The second kappa shape index (κ2) is 6.20. The highest BCUT2D eigenvalue weighted by Crippen LogP contribution is 2.29. The summed E-state index contributed by atoms with van der Waals surface area (Å²) in [6.45, 7) is 6.00. The number of nitrogens with zero attached hydrogens (tertiary/aromatic N) is 2. The summed E-state index contributed by atoms with van der Waals surface area (Å²) in [6.07, 6.45) is 5.97. The minimum absolute atomic E-state index is 0.143. The zero-order valence-corrected chi connectivity index (χ0v) is 11.4. The van der Waals surface area contributed by atoms with Crippen molar-refractivity contribution in [3.8, 4) is 5.75 Å².